The smallest absolute Gasteiger partial charge is 0.266 e. The Balaban J connectivity index is 1.38. The van der Waals surface area contributed by atoms with E-state index in [0.29, 0.717) is 4.32 Å². The summed E-state index contributed by atoms with van der Waals surface area (Å²) < 4.78 is 2.72. The number of rotatable bonds is 7. The average Bonchev–Trinajstić information content (AvgIpc) is 3.36. The maximum Gasteiger partial charge on any atom is 0.266 e. The fourth-order valence-corrected chi connectivity index (χ4v) is 8.67. The molecule has 4 saturated carbocycles. The molecule has 2 aromatic rings. The van der Waals surface area contributed by atoms with Gasteiger partial charge in [0.2, 0.25) is 0 Å². The molecule has 4 bridgehead atoms. The fourth-order valence-electron chi connectivity index (χ4n) is 7.37. The van der Waals surface area contributed by atoms with Crippen LogP contribution >= 0.6 is 24.0 Å². The molecule has 5 fully saturated rings. The zero-order valence-electron chi connectivity index (χ0n) is 19.9. The molecule has 0 unspecified atom stereocenters. The van der Waals surface area contributed by atoms with Gasteiger partial charge in [0.25, 0.3) is 5.91 Å². The van der Waals surface area contributed by atoms with Crippen molar-refractivity contribution in [1.82, 2.24) is 14.7 Å². The van der Waals surface area contributed by atoms with Crippen LogP contribution in [0, 0.1) is 17.8 Å². The number of carbonyl (C=O) groups excluding carboxylic acids is 1. The molecule has 178 valence electrons. The second-order valence-electron chi connectivity index (χ2n) is 11.0. The maximum atomic E-state index is 13.3. The molecule has 1 amide bonds. The summed E-state index contributed by atoms with van der Waals surface area (Å²) in [6.07, 6.45) is 15.5. The minimum Gasteiger partial charge on any atom is -0.293 e. The topological polar surface area (TPSA) is 38.1 Å². The summed E-state index contributed by atoms with van der Waals surface area (Å²) in [4.78, 5) is 15.8. The molecule has 1 aliphatic heterocycles. The Kier molecular flexibility index (Phi) is 5.93. The van der Waals surface area contributed by atoms with E-state index in [2.05, 4.69) is 43.5 Å². The Morgan fingerprint density at radius 2 is 1.76 bits per heavy atom. The maximum absolute atomic E-state index is 13.3. The van der Waals surface area contributed by atoms with Crippen molar-refractivity contribution in [2.75, 3.05) is 6.54 Å². The van der Waals surface area contributed by atoms with Crippen LogP contribution in [0.25, 0.3) is 11.8 Å². The molecule has 1 saturated heterocycles. The van der Waals surface area contributed by atoms with Crippen LogP contribution < -0.4 is 0 Å². The highest BCUT2D eigenvalue weighted by atomic mass is 32.2. The molecule has 0 atom stereocenters. The molecule has 6 heteroatoms. The average molecular weight is 492 g/mol. The second kappa shape index (κ2) is 8.94. The lowest BCUT2D eigenvalue weighted by Crippen LogP contribution is -2.49. The van der Waals surface area contributed by atoms with Crippen LogP contribution in [0.15, 0.2) is 41.4 Å². The van der Waals surface area contributed by atoms with Gasteiger partial charge in [0.15, 0.2) is 0 Å². The molecule has 0 N–H and O–H groups in total. The van der Waals surface area contributed by atoms with Gasteiger partial charge in [0, 0.05) is 23.7 Å². The molecule has 34 heavy (non-hydrogen) atoms. The number of hydrogen-bond acceptors (Lipinski definition) is 4. The van der Waals surface area contributed by atoms with Gasteiger partial charge in [0.1, 0.15) is 4.32 Å². The largest absolute Gasteiger partial charge is 0.293 e. The van der Waals surface area contributed by atoms with Crippen molar-refractivity contribution in [3.8, 4) is 5.69 Å². The zero-order chi connectivity index (χ0) is 23.3. The first kappa shape index (κ1) is 22.5. The summed E-state index contributed by atoms with van der Waals surface area (Å²) >= 11 is 7.05. The number of aromatic nitrogens is 2. The van der Waals surface area contributed by atoms with Gasteiger partial charge in [-0.25, -0.2) is 4.68 Å². The van der Waals surface area contributed by atoms with Crippen molar-refractivity contribution >= 4 is 40.3 Å². The van der Waals surface area contributed by atoms with Crippen LogP contribution in [0.2, 0.25) is 0 Å². The van der Waals surface area contributed by atoms with E-state index in [9.17, 15) is 4.79 Å². The quantitative estimate of drug-likeness (QED) is 0.244. The van der Waals surface area contributed by atoms with Gasteiger partial charge in [0.05, 0.1) is 16.3 Å². The summed E-state index contributed by atoms with van der Waals surface area (Å²) in [5, 5.41) is 5.24. The van der Waals surface area contributed by atoms with Gasteiger partial charge < -0.3 is 0 Å². The summed E-state index contributed by atoms with van der Waals surface area (Å²) in [5.74, 6) is 2.60. The number of thiocarbonyl (C=S) groups is 1. The molecule has 0 spiro atoms. The first-order valence-corrected chi connectivity index (χ1v) is 14.2. The predicted octanol–water partition coefficient (Wildman–Crippen LogP) is 6.73. The van der Waals surface area contributed by atoms with E-state index < -0.39 is 0 Å². The van der Waals surface area contributed by atoms with Gasteiger partial charge in [-0.15, -0.1) is 0 Å². The molecular formula is C28H33N3OS2. The Labute approximate surface area is 212 Å². The number of benzene rings is 1. The van der Waals surface area contributed by atoms with Crippen LogP contribution in [0.3, 0.4) is 0 Å². The van der Waals surface area contributed by atoms with Crippen LogP contribution in [-0.4, -0.2) is 31.5 Å². The van der Waals surface area contributed by atoms with Crippen molar-refractivity contribution in [3.05, 3.63) is 52.7 Å². The number of nitrogens with zero attached hydrogens (tertiary/aromatic N) is 3. The summed E-state index contributed by atoms with van der Waals surface area (Å²) in [5.41, 5.74) is 3.56. The zero-order valence-corrected chi connectivity index (χ0v) is 21.5. The van der Waals surface area contributed by atoms with E-state index in [-0.39, 0.29) is 11.3 Å². The van der Waals surface area contributed by atoms with E-state index in [1.807, 2.05) is 10.7 Å². The molecule has 0 radical (unpaired) electrons. The van der Waals surface area contributed by atoms with E-state index >= 15 is 0 Å². The van der Waals surface area contributed by atoms with Crippen molar-refractivity contribution in [3.63, 3.8) is 0 Å². The monoisotopic (exact) mass is 491 g/mol. The molecule has 1 aromatic heterocycles. The lowest BCUT2D eigenvalue weighted by Gasteiger charge is -2.56. The Hall–Kier alpha value is -1.92. The molecule has 2 heterocycles. The highest BCUT2D eigenvalue weighted by Gasteiger charge is 2.53. The molecule has 7 rings (SSSR count). The lowest BCUT2D eigenvalue weighted by atomic mass is 9.48. The van der Waals surface area contributed by atoms with Crippen molar-refractivity contribution in [2.24, 2.45) is 17.8 Å². The van der Waals surface area contributed by atoms with Crippen LogP contribution in [0.5, 0.6) is 0 Å². The van der Waals surface area contributed by atoms with Gasteiger partial charge in [-0.05, 0) is 80.9 Å². The van der Waals surface area contributed by atoms with Crippen LogP contribution in [0.1, 0.15) is 76.0 Å². The van der Waals surface area contributed by atoms with E-state index in [0.717, 1.165) is 59.7 Å². The molecule has 4 aliphatic carbocycles. The second-order valence-corrected chi connectivity index (χ2v) is 12.6. The Morgan fingerprint density at radius 1 is 1.09 bits per heavy atom. The first-order valence-electron chi connectivity index (χ1n) is 13.0. The molecule has 4 nitrogen and oxygen atoms in total. The minimum absolute atomic E-state index is 0.0648. The van der Waals surface area contributed by atoms with E-state index in [4.69, 9.17) is 17.3 Å². The SMILES string of the molecule is CCCCCN1C(=O)C(=Cc2cn(-c3ccccc3)nc2C23CC4CC(CC(C4)C2)C3)SC1=S. The van der Waals surface area contributed by atoms with Crippen LogP contribution in [-0.2, 0) is 10.2 Å². The van der Waals surface area contributed by atoms with Crippen molar-refractivity contribution < 1.29 is 4.79 Å². The highest BCUT2D eigenvalue weighted by Crippen LogP contribution is 2.61. The Bertz CT molecular complexity index is 1100. The number of amides is 1. The normalized spacial score (nSPS) is 31.3. The summed E-state index contributed by atoms with van der Waals surface area (Å²) in [7, 11) is 0. The highest BCUT2D eigenvalue weighted by molar-refractivity contribution is 8.26. The third-order valence-electron chi connectivity index (χ3n) is 8.45. The summed E-state index contributed by atoms with van der Waals surface area (Å²) in [6.45, 7) is 2.90. The molecular weight excluding hydrogens is 458 g/mol. The molecule has 5 aliphatic rings. The van der Waals surface area contributed by atoms with Gasteiger partial charge in [-0.3, -0.25) is 9.69 Å². The number of carbonyl (C=O) groups is 1. The van der Waals surface area contributed by atoms with Gasteiger partial charge >= 0.3 is 0 Å². The van der Waals surface area contributed by atoms with Gasteiger partial charge in [-0.2, -0.15) is 5.10 Å². The summed E-state index contributed by atoms with van der Waals surface area (Å²) in [6, 6.07) is 10.4. The van der Waals surface area contributed by atoms with Crippen molar-refractivity contribution in [2.45, 2.75) is 70.1 Å². The predicted molar refractivity (Wildman–Crippen MR) is 143 cm³/mol. The Morgan fingerprint density at radius 3 is 2.41 bits per heavy atom. The van der Waals surface area contributed by atoms with E-state index in [1.54, 1.807) is 4.90 Å². The molecule has 1 aromatic carbocycles. The first-order chi connectivity index (χ1) is 16.5. The third kappa shape index (κ3) is 3.97. The number of hydrogen-bond donors (Lipinski definition) is 0. The van der Waals surface area contributed by atoms with E-state index in [1.165, 1.54) is 56.0 Å². The minimum atomic E-state index is 0.0648. The number of unbranched alkanes of at least 4 members (excludes halogenated alkanes) is 2. The standard InChI is InChI=1S/C28H33N3OS2/c1-2-3-7-10-30-26(32)24(34-27(30)33)14-22-18-31(23-8-5-4-6-9-23)29-25(22)28-15-19-11-20(16-28)13-21(12-19)17-28/h4-6,8-9,14,18-21H,2-3,7,10-13,15-17H2,1H3. The third-order valence-corrected chi connectivity index (χ3v) is 9.83. The van der Waals surface area contributed by atoms with Gasteiger partial charge in [-0.1, -0.05) is 61.9 Å². The lowest BCUT2D eigenvalue weighted by molar-refractivity contribution is -0.122. The van der Waals surface area contributed by atoms with Crippen molar-refractivity contribution in [1.29, 1.82) is 0 Å². The number of thioether (sulfide) groups is 1. The fraction of sp³-hybridized carbons (Fsp3) is 0.536. The number of para-hydroxylation sites is 1. The van der Waals surface area contributed by atoms with Crippen LogP contribution in [0.4, 0.5) is 0 Å².